The number of anilines is 1. The van der Waals surface area contributed by atoms with Crippen molar-refractivity contribution in [1.29, 1.82) is 0 Å². The van der Waals surface area contributed by atoms with Gasteiger partial charge in [-0.1, -0.05) is 29.8 Å². The number of pyridine rings is 1. The number of hydrogen-bond donors (Lipinski definition) is 1. The third-order valence-corrected chi connectivity index (χ3v) is 2.99. The molecule has 5 nitrogen and oxygen atoms in total. The van der Waals surface area contributed by atoms with Gasteiger partial charge < -0.3 is 0 Å². The Labute approximate surface area is 113 Å². The molecule has 0 aliphatic heterocycles. The number of halogens is 1. The van der Waals surface area contributed by atoms with Crippen LogP contribution in [0.2, 0.25) is 5.02 Å². The summed E-state index contributed by atoms with van der Waals surface area (Å²) in [5.74, 6) is 0.0456. The van der Waals surface area contributed by atoms with Gasteiger partial charge in [0.1, 0.15) is 0 Å². The second-order valence-electron chi connectivity index (χ2n) is 3.89. The molecule has 0 radical (unpaired) electrons. The molecular weight excluding hydrogens is 264 g/mol. The van der Waals surface area contributed by atoms with E-state index < -0.39 is 0 Å². The minimum absolute atomic E-state index is 0.316. The van der Waals surface area contributed by atoms with Crippen molar-refractivity contribution in [3.05, 3.63) is 59.2 Å². The van der Waals surface area contributed by atoms with Gasteiger partial charge in [-0.25, -0.2) is 0 Å². The molecule has 0 spiro atoms. The Kier molecular flexibility index (Phi) is 2.89. The van der Waals surface area contributed by atoms with Crippen LogP contribution in [0.15, 0.2) is 48.7 Å². The maximum absolute atomic E-state index is 12.1. The van der Waals surface area contributed by atoms with Gasteiger partial charge in [0.05, 0.1) is 10.6 Å². The van der Waals surface area contributed by atoms with E-state index in [0.717, 1.165) is 0 Å². The van der Waals surface area contributed by atoms with Crippen molar-refractivity contribution in [2.75, 3.05) is 5.32 Å². The lowest BCUT2D eigenvalue weighted by atomic mass is 10.2. The minimum atomic E-state index is -0.316. The Hall–Kier alpha value is -2.40. The molecule has 0 saturated carbocycles. The van der Waals surface area contributed by atoms with Crippen LogP contribution in [0.5, 0.6) is 0 Å². The number of nitrogens with zero attached hydrogens (tertiary/aromatic N) is 3. The van der Waals surface area contributed by atoms with Crippen LogP contribution in [0.3, 0.4) is 0 Å². The molecular formula is C13H9ClN4O. The van der Waals surface area contributed by atoms with Crippen LogP contribution in [-0.4, -0.2) is 20.5 Å². The van der Waals surface area contributed by atoms with E-state index in [1.54, 1.807) is 40.9 Å². The summed E-state index contributed by atoms with van der Waals surface area (Å²) in [6.07, 6.45) is 1.78. The normalized spacial score (nSPS) is 10.6. The Morgan fingerprint density at radius 3 is 2.74 bits per heavy atom. The quantitative estimate of drug-likeness (QED) is 0.780. The first kappa shape index (κ1) is 11.7. The van der Waals surface area contributed by atoms with Gasteiger partial charge in [-0.3, -0.25) is 14.5 Å². The molecule has 1 aromatic carbocycles. The fourth-order valence-electron chi connectivity index (χ4n) is 1.74. The predicted octanol–water partition coefficient (Wildman–Crippen LogP) is 2.64. The summed E-state index contributed by atoms with van der Waals surface area (Å²) in [6, 6.07) is 12.3. The van der Waals surface area contributed by atoms with Crippen molar-refractivity contribution in [2.45, 2.75) is 0 Å². The number of amides is 1. The molecule has 19 heavy (non-hydrogen) atoms. The van der Waals surface area contributed by atoms with Crippen LogP contribution in [0, 0.1) is 0 Å². The zero-order valence-corrected chi connectivity index (χ0v) is 10.5. The lowest BCUT2D eigenvalue weighted by Gasteiger charge is -2.04. The van der Waals surface area contributed by atoms with E-state index in [-0.39, 0.29) is 5.91 Å². The van der Waals surface area contributed by atoms with Crippen LogP contribution in [0.4, 0.5) is 5.95 Å². The summed E-state index contributed by atoms with van der Waals surface area (Å²) < 4.78 is 1.69. The third kappa shape index (κ3) is 2.15. The molecule has 0 aliphatic carbocycles. The topological polar surface area (TPSA) is 59.3 Å². The minimum Gasteiger partial charge on any atom is -0.290 e. The Balaban J connectivity index is 1.94. The van der Waals surface area contributed by atoms with Crippen molar-refractivity contribution in [3.63, 3.8) is 0 Å². The molecule has 1 amide bonds. The Morgan fingerprint density at radius 2 is 1.89 bits per heavy atom. The molecule has 3 aromatic rings. The van der Waals surface area contributed by atoms with E-state index in [1.165, 1.54) is 0 Å². The number of hydrogen-bond acceptors (Lipinski definition) is 3. The second-order valence-corrected chi connectivity index (χ2v) is 4.29. The fraction of sp³-hybridized carbons (Fsp3) is 0. The predicted molar refractivity (Wildman–Crippen MR) is 72.4 cm³/mol. The van der Waals surface area contributed by atoms with Gasteiger partial charge in [0, 0.05) is 6.20 Å². The highest BCUT2D eigenvalue weighted by Gasteiger charge is 2.13. The number of nitrogens with one attached hydrogen (secondary N) is 1. The fourth-order valence-corrected chi connectivity index (χ4v) is 1.96. The SMILES string of the molecule is O=C(Nc1nnc2ccccn12)c1ccccc1Cl. The molecule has 1 N–H and O–H groups in total. The Bertz CT molecular complexity index is 753. The molecule has 0 fully saturated rings. The number of carbonyl (C=O) groups excluding carboxylic acids is 1. The summed E-state index contributed by atoms with van der Waals surface area (Å²) in [4.78, 5) is 12.1. The van der Waals surface area contributed by atoms with E-state index in [2.05, 4.69) is 15.5 Å². The number of aromatic nitrogens is 3. The van der Waals surface area contributed by atoms with Crippen molar-refractivity contribution in [2.24, 2.45) is 0 Å². The van der Waals surface area contributed by atoms with Gasteiger partial charge in [0.2, 0.25) is 5.95 Å². The van der Waals surface area contributed by atoms with Crippen molar-refractivity contribution in [1.82, 2.24) is 14.6 Å². The largest absolute Gasteiger partial charge is 0.290 e. The van der Waals surface area contributed by atoms with Crippen LogP contribution in [0.25, 0.3) is 5.65 Å². The zero-order valence-electron chi connectivity index (χ0n) is 9.75. The maximum atomic E-state index is 12.1. The highest BCUT2D eigenvalue weighted by molar-refractivity contribution is 6.34. The molecule has 2 heterocycles. The molecule has 0 atom stereocenters. The molecule has 0 bridgehead atoms. The van der Waals surface area contributed by atoms with Gasteiger partial charge in [-0.2, -0.15) is 0 Å². The third-order valence-electron chi connectivity index (χ3n) is 2.66. The zero-order chi connectivity index (χ0) is 13.2. The average Bonchev–Trinajstić information content (AvgIpc) is 2.83. The summed E-state index contributed by atoms with van der Waals surface area (Å²) >= 11 is 5.97. The average molecular weight is 273 g/mol. The molecule has 94 valence electrons. The first-order chi connectivity index (χ1) is 9.25. The highest BCUT2D eigenvalue weighted by Crippen LogP contribution is 2.16. The standard InChI is InChI=1S/C13H9ClN4O/c14-10-6-2-1-5-9(10)12(19)15-13-17-16-11-7-3-4-8-18(11)13/h1-8H,(H,15,17,19). The smallest absolute Gasteiger partial charge is 0.259 e. The van der Waals surface area contributed by atoms with Crippen molar-refractivity contribution >= 4 is 29.1 Å². The lowest BCUT2D eigenvalue weighted by Crippen LogP contribution is -2.14. The summed E-state index contributed by atoms with van der Waals surface area (Å²) in [7, 11) is 0. The van der Waals surface area contributed by atoms with Crippen LogP contribution in [-0.2, 0) is 0 Å². The summed E-state index contributed by atoms with van der Waals surface area (Å²) in [5.41, 5.74) is 1.06. The number of carbonyl (C=O) groups is 1. The van der Waals surface area contributed by atoms with Crippen LogP contribution in [0.1, 0.15) is 10.4 Å². The van der Waals surface area contributed by atoms with Gasteiger partial charge in [0.15, 0.2) is 5.65 Å². The first-order valence-corrected chi connectivity index (χ1v) is 5.99. The second kappa shape index (κ2) is 4.70. The van der Waals surface area contributed by atoms with E-state index in [1.807, 2.05) is 12.1 Å². The van der Waals surface area contributed by atoms with E-state index in [4.69, 9.17) is 11.6 Å². The Morgan fingerprint density at radius 1 is 1.11 bits per heavy atom. The first-order valence-electron chi connectivity index (χ1n) is 5.61. The summed E-state index contributed by atoms with van der Waals surface area (Å²) in [5, 5.41) is 11.0. The van der Waals surface area contributed by atoms with E-state index >= 15 is 0 Å². The van der Waals surface area contributed by atoms with E-state index in [9.17, 15) is 4.79 Å². The number of rotatable bonds is 2. The molecule has 6 heteroatoms. The van der Waals surface area contributed by atoms with Gasteiger partial charge in [-0.15, -0.1) is 10.2 Å². The van der Waals surface area contributed by atoms with Crippen LogP contribution >= 0.6 is 11.6 Å². The van der Waals surface area contributed by atoms with Gasteiger partial charge >= 0.3 is 0 Å². The van der Waals surface area contributed by atoms with E-state index in [0.29, 0.717) is 22.2 Å². The molecule has 0 unspecified atom stereocenters. The lowest BCUT2D eigenvalue weighted by molar-refractivity contribution is 0.102. The number of fused-ring (bicyclic) bond motifs is 1. The monoisotopic (exact) mass is 272 g/mol. The van der Waals surface area contributed by atoms with Gasteiger partial charge in [0.25, 0.3) is 5.91 Å². The summed E-state index contributed by atoms with van der Waals surface area (Å²) in [6.45, 7) is 0. The van der Waals surface area contributed by atoms with Crippen molar-refractivity contribution < 1.29 is 4.79 Å². The molecule has 2 aromatic heterocycles. The number of benzene rings is 1. The van der Waals surface area contributed by atoms with Crippen molar-refractivity contribution in [3.8, 4) is 0 Å². The molecule has 0 saturated heterocycles. The molecule has 0 aliphatic rings. The highest BCUT2D eigenvalue weighted by atomic mass is 35.5. The van der Waals surface area contributed by atoms with Gasteiger partial charge in [-0.05, 0) is 24.3 Å². The van der Waals surface area contributed by atoms with Crippen LogP contribution < -0.4 is 5.32 Å². The maximum Gasteiger partial charge on any atom is 0.259 e. The molecule has 3 rings (SSSR count).